The second-order valence-electron chi connectivity index (χ2n) is 6.54. The van der Waals surface area contributed by atoms with Gasteiger partial charge in [0.05, 0.1) is 35.4 Å². The Balaban J connectivity index is 2.39. The summed E-state index contributed by atoms with van der Waals surface area (Å²) < 4.78 is 10.7. The molecule has 0 bridgehead atoms. The van der Waals surface area contributed by atoms with Crippen LogP contribution >= 0.6 is 0 Å². The summed E-state index contributed by atoms with van der Waals surface area (Å²) in [6, 6.07) is 6.23. The van der Waals surface area contributed by atoms with Crippen LogP contribution in [0.1, 0.15) is 0 Å². The standard InChI is InChI=1S/C19H22N4O5/c1-22(2)10-9-20-11-5-6-12(23(25)26)17-15(11)19(24)16-13(27-3)7-8-14(28-4)18(16)21-17/h5-8,20H,9-10H2,1-4H3,(H,21,24). The first kappa shape index (κ1) is 19.4. The molecular weight excluding hydrogens is 364 g/mol. The number of H-pyrrole nitrogens is 1. The van der Waals surface area contributed by atoms with Crippen LogP contribution in [0.3, 0.4) is 0 Å². The normalized spacial score (nSPS) is 11.2. The molecule has 0 fully saturated rings. The molecule has 0 saturated heterocycles. The van der Waals surface area contributed by atoms with E-state index in [1.807, 2.05) is 19.0 Å². The van der Waals surface area contributed by atoms with Gasteiger partial charge in [0.1, 0.15) is 17.0 Å². The minimum atomic E-state index is -0.514. The van der Waals surface area contributed by atoms with Crippen molar-refractivity contribution < 1.29 is 14.4 Å². The molecule has 148 valence electrons. The molecule has 1 aromatic heterocycles. The number of aromatic amines is 1. The summed E-state index contributed by atoms with van der Waals surface area (Å²) in [5, 5.41) is 15.3. The molecule has 9 heteroatoms. The van der Waals surface area contributed by atoms with Crippen molar-refractivity contribution in [3.05, 3.63) is 44.6 Å². The van der Waals surface area contributed by atoms with Gasteiger partial charge in [-0.15, -0.1) is 0 Å². The van der Waals surface area contributed by atoms with Crippen LogP contribution in [-0.2, 0) is 0 Å². The van der Waals surface area contributed by atoms with Crippen molar-refractivity contribution in [3.8, 4) is 11.5 Å². The van der Waals surface area contributed by atoms with Gasteiger partial charge in [-0.2, -0.15) is 0 Å². The van der Waals surface area contributed by atoms with Crippen LogP contribution in [0.4, 0.5) is 11.4 Å². The topological polar surface area (TPSA) is 110 Å². The number of methoxy groups -OCH3 is 2. The molecule has 0 spiro atoms. The third kappa shape index (κ3) is 3.31. The Bertz CT molecular complexity index is 1110. The van der Waals surface area contributed by atoms with Gasteiger partial charge < -0.3 is 24.7 Å². The van der Waals surface area contributed by atoms with Crippen LogP contribution in [0.5, 0.6) is 11.5 Å². The molecule has 9 nitrogen and oxygen atoms in total. The Morgan fingerprint density at radius 1 is 1.07 bits per heavy atom. The SMILES string of the molecule is COc1ccc(OC)c2c(=O)c3c(NCCN(C)C)ccc([N+](=O)[O-])c3[nH]c12. The summed E-state index contributed by atoms with van der Waals surface area (Å²) in [6.07, 6.45) is 0. The summed E-state index contributed by atoms with van der Waals surface area (Å²) in [4.78, 5) is 29.5. The van der Waals surface area contributed by atoms with Crippen molar-refractivity contribution in [3.63, 3.8) is 0 Å². The van der Waals surface area contributed by atoms with E-state index in [0.717, 1.165) is 6.54 Å². The fourth-order valence-electron chi connectivity index (χ4n) is 3.17. The van der Waals surface area contributed by atoms with E-state index in [-0.39, 0.29) is 27.4 Å². The van der Waals surface area contributed by atoms with Crippen molar-refractivity contribution in [2.24, 2.45) is 0 Å². The summed E-state index contributed by atoms with van der Waals surface area (Å²) in [5.41, 5.74) is 0.472. The van der Waals surface area contributed by atoms with Gasteiger partial charge in [-0.1, -0.05) is 0 Å². The van der Waals surface area contributed by atoms with Crippen LogP contribution in [0.2, 0.25) is 0 Å². The third-order valence-electron chi connectivity index (χ3n) is 4.53. The zero-order chi connectivity index (χ0) is 20.4. The molecule has 3 rings (SSSR count). The number of nitro benzene ring substituents is 1. The summed E-state index contributed by atoms with van der Waals surface area (Å²) in [5.74, 6) is 0.764. The van der Waals surface area contributed by atoms with Crippen molar-refractivity contribution in [1.82, 2.24) is 9.88 Å². The van der Waals surface area contributed by atoms with E-state index in [4.69, 9.17) is 9.47 Å². The van der Waals surface area contributed by atoms with Gasteiger partial charge in [0.15, 0.2) is 0 Å². The lowest BCUT2D eigenvalue weighted by atomic mass is 10.1. The van der Waals surface area contributed by atoms with E-state index in [1.54, 1.807) is 18.2 Å². The van der Waals surface area contributed by atoms with Gasteiger partial charge in [0, 0.05) is 24.8 Å². The van der Waals surface area contributed by atoms with Gasteiger partial charge in [0.2, 0.25) is 5.43 Å². The number of pyridine rings is 1. The van der Waals surface area contributed by atoms with E-state index in [0.29, 0.717) is 29.2 Å². The number of aromatic nitrogens is 1. The number of ether oxygens (including phenoxy) is 2. The Kier molecular flexibility index (Phi) is 5.36. The van der Waals surface area contributed by atoms with Crippen LogP contribution in [0.15, 0.2) is 29.1 Å². The van der Waals surface area contributed by atoms with Crippen LogP contribution in [0, 0.1) is 10.1 Å². The summed E-state index contributed by atoms with van der Waals surface area (Å²) in [7, 11) is 6.81. The maximum Gasteiger partial charge on any atom is 0.293 e. The molecule has 2 aromatic carbocycles. The van der Waals surface area contributed by atoms with E-state index in [9.17, 15) is 14.9 Å². The molecule has 3 aromatic rings. The van der Waals surface area contributed by atoms with Crippen LogP contribution in [0.25, 0.3) is 21.8 Å². The Morgan fingerprint density at radius 2 is 1.75 bits per heavy atom. The minimum Gasteiger partial charge on any atom is -0.496 e. The Labute approximate surface area is 161 Å². The first-order chi connectivity index (χ1) is 13.4. The summed E-state index contributed by atoms with van der Waals surface area (Å²) >= 11 is 0. The minimum absolute atomic E-state index is 0.143. The number of fused-ring (bicyclic) bond motifs is 2. The molecule has 0 amide bonds. The van der Waals surface area contributed by atoms with E-state index >= 15 is 0 Å². The Hall–Kier alpha value is -3.33. The molecular formula is C19H22N4O5. The highest BCUT2D eigenvalue weighted by molar-refractivity contribution is 6.05. The molecule has 0 aliphatic rings. The van der Waals surface area contributed by atoms with Gasteiger partial charge in [-0.05, 0) is 32.3 Å². The number of hydrogen-bond acceptors (Lipinski definition) is 7. The number of nitrogens with zero attached hydrogens (tertiary/aromatic N) is 2. The number of nitro groups is 1. The van der Waals surface area contributed by atoms with E-state index in [2.05, 4.69) is 10.3 Å². The smallest absolute Gasteiger partial charge is 0.293 e. The maximum absolute atomic E-state index is 13.4. The average molecular weight is 386 g/mol. The molecule has 0 aliphatic heterocycles. The zero-order valence-corrected chi connectivity index (χ0v) is 16.2. The predicted molar refractivity (Wildman–Crippen MR) is 109 cm³/mol. The number of rotatable bonds is 7. The summed E-state index contributed by atoms with van der Waals surface area (Å²) in [6.45, 7) is 1.31. The molecule has 0 aliphatic carbocycles. The van der Waals surface area contributed by atoms with Crippen LogP contribution < -0.4 is 20.2 Å². The largest absolute Gasteiger partial charge is 0.496 e. The van der Waals surface area contributed by atoms with Gasteiger partial charge in [0.25, 0.3) is 5.69 Å². The lowest BCUT2D eigenvalue weighted by Crippen LogP contribution is -2.21. The van der Waals surface area contributed by atoms with Crippen molar-refractivity contribution in [1.29, 1.82) is 0 Å². The quantitative estimate of drug-likeness (QED) is 0.365. The lowest BCUT2D eigenvalue weighted by molar-refractivity contribution is -0.383. The highest BCUT2D eigenvalue weighted by Crippen LogP contribution is 2.35. The van der Waals surface area contributed by atoms with Gasteiger partial charge in [-0.25, -0.2) is 0 Å². The van der Waals surface area contributed by atoms with E-state index < -0.39 is 4.92 Å². The third-order valence-corrected chi connectivity index (χ3v) is 4.53. The number of non-ortho nitro benzene ring substituents is 1. The van der Waals surface area contributed by atoms with Gasteiger partial charge in [-0.3, -0.25) is 14.9 Å². The highest BCUT2D eigenvalue weighted by Gasteiger charge is 2.22. The molecule has 2 N–H and O–H groups in total. The fourth-order valence-corrected chi connectivity index (χ4v) is 3.17. The van der Waals surface area contributed by atoms with Crippen molar-refractivity contribution in [2.45, 2.75) is 0 Å². The molecule has 28 heavy (non-hydrogen) atoms. The number of likely N-dealkylation sites (N-methyl/N-ethyl adjacent to an activating group) is 1. The number of anilines is 1. The molecule has 0 unspecified atom stereocenters. The van der Waals surface area contributed by atoms with Crippen molar-refractivity contribution >= 4 is 33.2 Å². The van der Waals surface area contributed by atoms with Crippen LogP contribution in [-0.4, -0.2) is 56.2 Å². The first-order valence-electron chi connectivity index (χ1n) is 8.65. The number of benzene rings is 2. The lowest BCUT2D eigenvalue weighted by Gasteiger charge is -2.15. The van der Waals surface area contributed by atoms with Gasteiger partial charge >= 0.3 is 0 Å². The Morgan fingerprint density at radius 3 is 2.36 bits per heavy atom. The molecule has 0 radical (unpaired) electrons. The number of nitrogens with one attached hydrogen (secondary N) is 2. The monoisotopic (exact) mass is 386 g/mol. The second kappa shape index (κ2) is 7.73. The van der Waals surface area contributed by atoms with Crippen molar-refractivity contribution in [2.75, 3.05) is 46.7 Å². The van der Waals surface area contributed by atoms with E-state index in [1.165, 1.54) is 20.3 Å². The average Bonchev–Trinajstić information content (AvgIpc) is 2.66. The predicted octanol–water partition coefficient (Wildman–Crippen LogP) is 2.58. The highest BCUT2D eigenvalue weighted by atomic mass is 16.6. The maximum atomic E-state index is 13.4. The molecule has 0 atom stereocenters. The zero-order valence-electron chi connectivity index (χ0n) is 16.2. The molecule has 0 saturated carbocycles. The fraction of sp³-hybridized carbons (Fsp3) is 0.316. The second-order valence-corrected chi connectivity index (χ2v) is 6.54. The first-order valence-corrected chi connectivity index (χ1v) is 8.65. The number of hydrogen-bond donors (Lipinski definition) is 2. The molecule has 1 heterocycles.